The Bertz CT molecular complexity index is 1030. The second kappa shape index (κ2) is 8.52. The van der Waals surface area contributed by atoms with Crippen molar-refractivity contribution in [3.05, 3.63) is 72.0 Å². The number of hydrogen-bond acceptors (Lipinski definition) is 5. The van der Waals surface area contributed by atoms with Crippen LogP contribution in [0.25, 0.3) is 0 Å². The van der Waals surface area contributed by atoms with Gasteiger partial charge in [-0.15, -0.1) is 11.3 Å². The molecule has 6 nitrogen and oxygen atoms in total. The summed E-state index contributed by atoms with van der Waals surface area (Å²) in [5.41, 5.74) is 0.770. The van der Waals surface area contributed by atoms with E-state index in [9.17, 15) is 13.2 Å². The Kier molecular flexibility index (Phi) is 5.84. The van der Waals surface area contributed by atoms with E-state index in [0.717, 1.165) is 5.69 Å². The van der Waals surface area contributed by atoms with Crippen molar-refractivity contribution < 1.29 is 17.6 Å². The van der Waals surface area contributed by atoms with E-state index in [0.29, 0.717) is 35.9 Å². The smallest absolute Gasteiger partial charge is 0.252 e. The molecular formula is C21H22N2O4S2. The van der Waals surface area contributed by atoms with Crippen molar-refractivity contribution in [3.8, 4) is 0 Å². The van der Waals surface area contributed by atoms with Crippen LogP contribution in [0.5, 0.6) is 0 Å². The molecule has 1 atom stereocenters. The Labute approximate surface area is 174 Å². The minimum Gasteiger partial charge on any atom is -0.467 e. The maximum Gasteiger partial charge on any atom is 0.252 e. The fourth-order valence-corrected chi connectivity index (χ4v) is 6.25. The van der Waals surface area contributed by atoms with Crippen molar-refractivity contribution in [2.45, 2.75) is 23.6 Å². The summed E-state index contributed by atoms with van der Waals surface area (Å²) >= 11 is 1.20. The van der Waals surface area contributed by atoms with Gasteiger partial charge in [0.05, 0.1) is 18.7 Å². The van der Waals surface area contributed by atoms with E-state index in [4.69, 9.17) is 4.42 Å². The average molecular weight is 431 g/mol. The Morgan fingerprint density at radius 2 is 1.97 bits per heavy atom. The van der Waals surface area contributed by atoms with Gasteiger partial charge in [0.25, 0.3) is 10.0 Å². The van der Waals surface area contributed by atoms with E-state index in [1.165, 1.54) is 15.6 Å². The van der Waals surface area contributed by atoms with E-state index in [2.05, 4.69) is 0 Å². The normalized spacial score (nSPS) is 17.9. The van der Waals surface area contributed by atoms with Crippen LogP contribution in [0, 0.1) is 5.92 Å². The molecule has 2 aromatic heterocycles. The van der Waals surface area contributed by atoms with Gasteiger partial charge in [0.2, 0.25) is 5.91 Å². The molecule has 1 fully saturated rings. The van der Waals surface area contributed by atoms with Gasteiger partial charge in [-0.25, -0.2) is 8.42 Å². The van der Waals surface area contributed by atoms with Gasteiger partial charge in [-0.2, -0.15) is 4.31 Å². The van der Waals surface area contributed by atoms with Gasteiger partial charge in [-0.3, -0.25) is 4.79 Å². The molecule has 1 amide bonds. The van der Waals surface area contributed by atoms with Crippen LogP contribution in [0.2, 0.25) is 0 Å². The Balaban J connectivity index is 1.57. The highest BCUT2D eigenvalue weighted by Gasteiger charge is 2.36. The largest absolute Gasteiger partial charge is 0.467 e. The molecule has 1 aromatic carbocycles. The zero-order valence-corrected chi connectivity index (χ0v) is 17.4. The quantitative estimate of drug-likeness (QED) is 0.593. The van der Waals surface area contributed by atoms with Crippen LogP contribution in [0.1, 0.15) is 18.6 Å². The van der Waals surface area contributed by atoms with Crippen molar-refractivity contribution in [1.29, 1.82) is 0 Å². The van der Waals surface area contributed by atoms with Gasteiger partial charge in [-0.05, 0) is 48.6 Å². The topological polar surface area (TPSA) is 70.8 Å². The van der Waals surface area contributed by atoms with E-state index >= 15 is 0 Å². The zero-order valence-electron chi connectivity index (χ0n) is 15.8. The fraction of sp³-hybridized carbons (Fsp3) is 0.286. The highest BCUT2D eigenvalue weighted by atomic mass is 32.2. The van der Waals surface area contributed by atoms with E-state index < -0.39 is 15.9 Å². The van der Waals surface area contributed by atoms with Gasteiger partial charge >= 0.3 is 0 Å². The lowest BCUT2D eigenvalue weighted by atomic mass is 9.97. The molecule has 1 aliphatic rings. The lowest BCUT2D eigenvalue weighted by molar-refractivity contribution is -0.123. The van der Waals surface area contributed by atoms with Crippen molar-refractivity contribution in [1.82, 2.24) is 4.31 Å². The van der Waals surface area contributed by atoms with Gasteiger partial charge in [0.15, 0.2) is 0 Å². The number of benzene rings is 1. The van der Waals surface area contributed by atoms with Crippen LogP contribution < -0.4 is 4.90 Å². The molecule has 29 heavy (non-hydrogen) atoms. The van der Waals surface area contributed by atoms with Crippen molar-refractivity contribution >= 4 is 33.0 Å². The number of carbonyl (C=O) groups is 1. The Hall–Kier alpha value is -2.42. The number of sulfonamides is 1. The summed E-state index contributed by atoms with van der Waals surface area (Å²) in [5, 5.41) is 1.75. The van der Waals surface area contributed by atoms with E-state index in [-0.39, 0.29) is 12.5 Å². The predicted octanol–water partition coefficient (Wildman–Crippen LogP) is 3.98. The molecule has 0 bridgehead atoms. The second-order valence-corrected chi connectivity index (χ2v) is 10.1. The third-order valence-electron chi connectivity index (χ3n) is 5.05. The van der Waals surface area contributed by atoms with Gasteiger partial charge in [0, 0.05) is 18.8 Å². The number of furan rings is 1. The number of rotatable bonds is 6. The third-order valence-corrected chi connectivity index (χ3v) is 8.29. The maximum atomic E-state index is 13.4. The zero-order chi connectivity index (χ0) is 20.3. The number of piperidine rings is 1. The number of thiophene rings is 1. The molecule has 0 spiro atoms. The van der Waals surface area contributed by atoms with Gasteiger partial charge in [0.1, 0.15) is 9.97 Å². The first kappa shape index (κ1) is 19.9. The van der Waals surface area contributed by atoms with E-state index in [1.54, 1.807) is 34.7 Å². The highest BCUT2D eigenvalue weighted by Crippen LogP contribution is 2.29. The Morgan fingerprint density at radius 1 is 1.14 bits per heavy atom. The molecule has 0 radical (unpaired) electrons. The van der Waals surface area contributed by atoms with Crippen molar-refractivity contribution in [3.63, 3.8) is 0 Å². The number of nitrogens with zero attached hydrogens (tertiary/aromatic N) is 2. The molecular weight excluding hydrogens is 408 g/mol. The van der Waals surface area contributed by atoms with Crippen molar-refractivity contribution in [2.24, 2.45) is 5.92 Å². The minimum absolute atomic E-state index is 0.0846. The summed E-state index contributed by atoms with van der Waals surface area (Å²) < 4.78 is 33.0. The van der Waals surface area contributed by atoms with Crippen LogP contribution in [0.4, 0.5) is 5.69 Å². The summed E-state index contributed by atoms with van der Waals surface area (Å²) in [6.45, 7) is 0.943. The summed E-state index contributed by atoms with van der Waals surface area (Å²) in [6.07, 6.45) is 2.90. The second-order valence-electron chi connectivity index (χ2n) is 6.97. The van der Waals surface area contributed by atoms with Gasteiger partial charge < -0.3 is 9.32 Å². The third kappa shape index (κ3) is 4.29. The molecule has 8 heteroatoms. The van der Waals surface area contributed by atoms with Crippen LogP contribution in [0.15, 0.2) is 74.9 Å². The standard InChI is InChI=1S/C21H22N2O4S2/c24-21(23(16-19-10-5-13-27-19)18-8-2-1-3-9-18)17-7-4-12-22(15-17)29(25,26)20-11-6-14-28-20/h1-3,5-6,8-11,13-14,17H,4,7,12,15-16H2. The molecule has 0 aliphatic carbocycles. The lowest BCUT2D eigenvalue weighted by Crippen LogP contribution is -2.46. The number of hydrogen-bond donors (Lipinski definition) is 0. The molecule has 1 unspecified atom stereocenters. The summed E-state index contributed by atoms with van der Waals surface area (Å²) in [6, 6.07) is 16.4. The maximum absolute atomic E-state index is 13.4. The summed E-state index contributed by atoms with van der Waals surface area (Å²) in [4.78, 5) is 15.1. The average Bonchev–Trinajstić information content (AvgIpc) is 3.47. The highest BCUT2D eigenvalue weighted by molar-refractivity contribution is 7.91. The molecule has 1 aliphatic heterocycles. The SMILES string of the molecule is O=C(C1CCCN(S(=O)(=O)c2cccs2)C1)N(Cc1ccco1)c1ccccc1. The number of amides is 1. The molecule has 3 heterocycles. The predicted molar refractivity (Wildman–Crippen MR) is 112 cm³/mol. The molecule has 1 saturated heterocycles. The number of para-hydroxylation sites is 1. The molecule has 3 aromatic rings. The first-order valence-electron chi connectivity index (χ1n) is 9.48. The van der Waals surface area contributed by atoms with Crippen molar-refractivity contribution in [2.75, 3.05) is 18.0 Å². The van der Waals surface area contributed by atoms with E-state index in [1.807, 2.05) is 36.4 Å². The van der Waals surface area contributed by atoms with Gasteiger partial charge in [-0.1, -0.05) is 24.3 Å². The fourth-order valence-electron chi connectivity index (χ4n) is 3.58. The van der Waals surface area contributed by atoms with Crippen LogP contribution in [0.3, 0.4) is 0 Å². The van der Waals surface area contributed by atoms with Crippen LogP contribution in [-0.2, 0) is 21.4 Å². The first-order chi connectivity index (χ1) is 14.1. The monoisotopic (exact) mass is 430 g/mol. The Morgan fingerprint density at radius 3 is 2.66 bits per heavy atom. The number of anilines is 1. The molecule has 0 saturated carbocycles. The number of carbonyl (C=O) groups excluding carboxylic acids is 1. The van der Waals surface area contributed by atoms with Crippen LogP contribution in [-0.4, -0.2) is 31.7 Å². The summed E-state index contributed by atoms with van der Waals surface area (Å²) in [7, 11) is -3.56. The van der Waals surface area contributed by atoms with Crippen LogP contribution >= 0.6 is 11.3 Å². The molecule has 0 N–H and O–H groups in total. The molecule has 152 valence electrons. The lowest BCUT2D eigenvalue weighted by Gasteiger charge is -2.34. The summed E-state index contributed by atoms with van der Waals surface area (Å²) in [5.74, 6) is 0.202. The minimum atomic E-state index is -3.56. The molecule has 4 rings (SSSR count). The first-order valence-corrected chi connectivity index (χ1v) is 11.8.